The summed E-state index contributed by atoms with van der Waals surface area (Å²) in [5, 5.41) is 10.8. The van der Waals surface area contributed by atoms with Gasteiger partial charge in [0.05, 0.1) is 0 Å². The standard InChI is InChI=1S/C18H19BrF3NO/c1-3-11-23-17(18(20,21)22)15(16(24)13(2)9-10-19)12-14-7-5-4-6-8-14/h3-9,11,24H,10,12H2,1-2H3/b11-3+,13-9+,16-15+,23-17+. The van der Waals surface area contributed by atoms with Crippen LogP contribution < -0.4 is 0 Å². The number of hydrogen-bond acceptors (Lipinski definition) is 2. The molecule has 0 atom stereocenters. The molecule has 2 nitrogen and oxygen atoms in total. The molecule has 0 aromatic heterocycles. The SMILES string of the molecule is C/C=C/N=C(\C(Cc1ccccc1)=C(O)/C(C)=C/CBr)C(F)(F)F. The summed E-state index contributed by atoms with van der Waals surface area (Å²) < 4.78 is 40.4. The van der Waals surface area contributed by atoms with Crippen molar-refractivity contribution in [2.75, 3.05) is 5.33 Å². The second kappa shape index (κ2) is 9.47. The van der Waals surface area contributed by atoms with Crippen molar-refractivity contribution in [3.8, 4) is 0 Å². The van der Waals surface area contributed by atoms with Crippen LogP contribution in [0.15, 0.2) is 70.6 Å². The highest BCUT2D eigenvalue weighted by molar-refractivity contribution is 9.09. The van der Waals surface area contributed by atoms with E-state index in [0.717, 1.165) is 6.20 Å². The topological polar surface area (TPSA) is 32.6 Å². The molecule has 0 saturated carbocycles. The number of alkyl halides is 4. The van der Waals surface area contributed by atoms with Crippen molar-refractivity contribution in [1.82, 2.24) is 0 Å². The van der Waals surface area contributed by atoms with Crippen molar-refractivity contribution in [3.05, 3.63) is 71.2 Å². The van der Waals surface area contributed by atoms with Gasteiger partial charge in [-0.2, -0.15) is 13.2 Å². The van der Waals surface area contributed by atoms with Crippen LogP contribution in [0.3, 0.4) is 0 Å². The number of benzene rings is 1. The van der Waals surface area contributed by atoms with Crippen LogP contribution in [0.1, 0.15) is 19.4 Å². The Kier molecular flexibility index (Phi) is 7.98. The summed E-state index contributed by atoms with van der Waals surface area (Å²) in [6, 6.07) is 8.67. The molecule has 0 radical (unpaired) electrons. The first-order valence-corrected chi connectivity index (χ1v) is 8.39. The molecule has 1 aromatic rings. The molecule has 0 unspecified atom stereocenters. The van der Waals surface area contributed by atoms with Gasteiger partial charge in [0.2, 0.25) is 0 Å². The van der Waals surface area contributed by atoms with E-state index in [1.165, 1.54) is 6.08 Å². The van der Waals surface area contributed by atoms with Gasteiger partial charge >= 0.3 is 6.18 Å². The van der Waals surface area contributed by atoms with Crippen LogP contribution >= 0.6 is 15.9 Å². The van der Waals surface area contributed by atoms with E-state index in [1.807, 2.05) is 0 Å². The van der Waals surface area contributed by atoms with E-state index in [9.17, 15) is 18.3 Å². The van der Waals surface area contributed by atoms with Gasteiger partial charge in [-0.05, 0) is 25.0 Å². The molecule has 0 amide bonds. The first kappa shape index (κ1) is 20.2. The summed E-state index contributed by atoms with van der Waals surface area (Å²) in [6.45, 7) is 3.14. The van der Waals surface area contributed by atoms with Crippen LogP contribution in [-0.2, 0) is 6.42 Å². The maximum absolute atomic E-state index is 13.5. The number of nitrogens with zero attached hydrogens (tertiary/aromatic N) is 1. The third kappa shape index (κ3) is 6.00. The van der Waals surface area contributed by atoms with Gasteiger partial charge in [-0.25, -0.2) is 0 Å². The first-order chi connectivity index (χ1) is 11.3. The van der Waals surface area contributed by atoms with Crippen LogP contribution in [0.4, 0.5) is 13.2 Å². The summed E-state index contributed by atoms with van der Waals surface area (Å²) in [4.78, 5) is 3.53. The Bertz CT molecular complexity index is 659. The van der Waals surface area contributed by atoms with Gasteiger partial charge in [0, 0.05) is 23.5 Å². The van der Waals surface area contributed by atoms with Gasteiger partial charge in [0.25, 0.3) is 0 Å². The largest absolute Gasteiger partial charge is 0.507 e. The minimum absolute atomic E-state index is 0.0734. The molecule has 6 heteroatoms. The second-order valence-electron chi connectivity index (χ2n) is 4.99. The van der Waals surface area contributed by atoms with Crippen LogP contribution in [0.2, 0.25) is 0 Å². The molecule has 0 fully saturated rings. The maximum atomic E-state index is 13.5. The van der Waals surface area contributed by atoms with Crippen molar-refractivity contribution in [2.24, 2.45) is 4.99 Å². The number of rotatable bonds is 6. The first-order valence-electron chi connectivity index (χ1n) is 7.27. The van der Waals surface area contributed by atoms with Crippen LogP contribution in [0.25, 0.3) is 0 Å². The Labute approximate surface area is 148 Å². The summed E-state index contributed by atoms with van der Waals surface area (Å²) in [5.74, 6) is -0.404. The normalized spacial score (nSPS) is 14.9. The molecule has 1 aromatic carbocycles. The minimum Gasteiger partial charge on any atom is -0.507 e. The summed E-state index contributed by atoms with van der Waals surface area (Å²) in [7, 11) is 0. The number of allylic oxidation sites excluding steroid dienone is 4. The molecule has 0 aliphatic carbocycles. The van der Waals surface area contributed by atoms with Crippen molar-refractivity contribution >= 4 is 21.6 Å². The number of aliphatic hydroxyl groups excluding tert-OH is 1. The van der Waals surface area contributed by atoms with Crippen LogP contribution in [0.5, 0.6) is 0 Å². The molecule has 0 bridgehead atoms. The lowest BCUT2D eigenvalue weighted by Gasteiger charge is -2.16. The van der Waals surface area contributed by atoms with Crippen LogP contribution in [-0.4, -0.2) is 22.3 Å². The monoisotopic (exact) mass is 401 g/mol. The lowest BCUT2D eigenvalue weighted by Crippen LogP contribution is -2.27. The number of halogens is 4. The van der Waals surface area contributed by atoms with Crippen molar-refractivity contribution in [3.63, 3.8) is 0 Å². The molecule has 0 saturated heterocycles. The minimum atomic E-state index is -4.67. The summed E-state index contributed by atoms with van der Waals surface area (Å²) in [5.41, 5.74) is -0.330. The fourth-order valence-electron chi connectivity index (χ4n) is 2.00. The Morgan fingerprint density at radius 2 is 1.88 bits per heavy atom. The molecule has 0 aliphatic rings. The predicted molar refractivity (Wildman–Crippen MR) is 95.7 cm³/mol. The summed E-state index contributed by atoms with van der Waals surface area (Å²) in [6.07, 6.45) is -0.666. The van der Waals surface area contributed by atoms with E-state index in [4.69, 9.17) is 0 Å². The van der Waals surface area contributed by atoms with E-state index >= 15 is 0 Å². The number of aliphatic imine (C=N–C) groups is 1. The molecule has 24 heavy (non-hydrogen) atoms. The predicted octanol–water partition coefficient (Wildman–Crippen LogP) is 5.92. The average Bonchev–Trinajstić information content (AvgIpc) is 2.53. The smallest absolute Gasteiger partial charge is 0.433 e. The third-order valence-electron chi connectivity index (χ3n) is 3.17. The lowest BCUT2D eigenvalue weighted by atomic mass is 9.96. The molecule has 0 aliphatic heterocycles. The van der Waals surface area contributed by atoms with E-state index in [2.05, 4.69) is 20.9 Å². The fraction of sp³-hybridized carbons (Fsp3) is 0.278. The molecule has 0 spiro atoms. The molecular weight excluding hydrogens is 383 g/mol. The van der Waals surface area contributed by atoms with Crippen molar-refractivity contribution in [2.45, 2.75) is 26.4 Å². The van der Waals surface area contributed by atoms with E-state index < -0.39 is 17.6 Å². The fourth-order valence-corrected chi connectivity index (χ4v) is 2.49. The van der Waals surface area contributed by atoms with E-state index in [0.29, 0.717) is 16.5 Å². The zero-order valence-corrected chi connectivity index (χ0v) is 15.0. The Hall–Kier alpha value is -1.82. The van der Waals surface area contributed by atoms with Gasteiger partial charge in [-0.3, -0.25) is 4.99 Å². The molecule has 1 N–H and O–H groups in total. The molecule has 0 heterocycles. The lowest BCUT2D eigenvalue weighted by molar-refractivity contribution is -0.0584. The highest BCUT2D eigenvalue weighted by atomic mass is 79.9. The average molecular weight is 402 g/mol. The zero-order chi connectivity index (χ0) is 18.2. The van der Waals surface area contributed by atoms with Gasteiger partial charge in [-0.15, -0.1) is 0 Å². The van der Waals surface area contributed by atoms with Gasteiger partial charge in [0.1, 0.15) is 5.76 Å². The van der Waals surface area contributed by atoms with Crippen molar-refractivity contribution in [1.29, 1.82) is 0 Å². The Balaban J connectivity index is 3.51. The quantitative estimate of drug-likeness (QED) is 0.273. The number of aliphatic hydroxyl groups is 1. The molecular formula is C18H19BrF3NO. The summed E-state index contributed by atoms with van der Waals surface area (Å²) >= 11 is 3.18. The van der Waals surface area contributed by atoms with Gasteiger partial charge in [0.15, 0.2) is 5.71 Å². The third-order valence-corrected chi connectivity index (χ3v) is 3.50. The Morgan fingerprint density at radius 3 is 2.38 bits per heavy atom. The second-order valence-corrected chi connectivity index (χ2v) is 5.64. The van der Waals surface area contributed by atoms with E-state index in [1.54, 1.807) is 50.3 Å². The zero-order valence-electron chi connectivity index (χ0n) is 13.4. The highest BCUT2D eigenvalue weighted by Gasteiger charge is 2.39. The highest BCUT2D eigenvalue weighted by Crippen LogP contribution is 2.28. The van der Waals surface area contributed by atoms with Crippen molar-refractivity contribution < 1.29 is 18.3 Å². The van der Waals surface area contributed by atoms with E-state index in [-0.39, 0.29) is 12.0 Å². The number of hydrogen-bond donors (Lipinski definition) is 1. The van der Waals surface area contributed by atoms with Crippen LogP contribution in [0, 0.1) is 0 Å². The maximum Gasteiger partial charge on any atom is 0.433 e. The van der Waals surface area contributed by atoms with Gasteiger partial charge in [-0.1, -0.05) is 58.4 Å². The Morgan fingerprint density at radius 1 is 1.25 bits per heavy atom. The molecule has 130 valence electrons. The molecule has 1 rings (SSSR count). The van der Waals surface area contributed by atoms with Gasteiger partial charge < -0.3 is 5.11 Å².